The van der Waals surface area contributed by atoms with Gasteiger partial charge in [0.2, 0.25) is 0 Å². The topological polar surface area (TPSA) is 0 Å². The average Bonchev–Trinajstić information content (AvgIpc) is 1.89. The van der Waals surface area contributed by atoms with Crippen molar-refractivity contribution in [2.45, 2.75) is 52.9 Å². The van der Waals surface area contributed by atoms with Crippen LogP contribution in [0.5, 0.6) is 0 Å². The van der Waals surface area contributed by atoms with Crippen molar-refractivity contribution in [3.05, 3.63) is 0 Å². The van der Waals surface area contributed by atoms with Crippen molar-refractivity contribution in [1.29, 1.82) is 0 Å². The Bertz CT molecular complexity index is 25.7. The molecule has 1 aliphatic rings. The fourth-order valence-electron chi connectivity index (χ4n) is 0.250. The highest BCUT2D eigenvalue weighted by Gasteiger charge is 1.95. The molecular formula is C9H22S. The summed E-state index contributed by atoms with van der Waals surface area (Å²) in [5.41, 5.74) is 0. The summed E-state index contributed by atoms with van der Waals surface area (Å²) in [6, 6.07) is 0. The van der Waals surface area contributed by atoms with Crippen LogP contribution < -0.4 is 0 Å². The Balaban J connectivity index is 0. The molecule has 1 heteroatoms. The SMILES string of the molecule is C1CCC1.CC.CCCS. The molecule has 1 fully saturated rings. The quantitative estimate of drug-likeness (QED) is 0.555. The molecule has 0 aromatic carbocycles. The first-order chi connectivity index (χ1) is 4.91. The zero-order valence-electron chi connectivity index (χ0n) is 7.69. The number of hydrogen-bond donors (Lipinski definition) is 1. The van der Waals surface area contributed by atoms with Gasteiger partial charge >= 0.3 is 0 Å². The lowest BCUT2D eigenvalue weighted by Gasteiger charge is -2.05. The van der Waals surface area contributed by atoms with E-state index in [4.69, 9.17) is 0 Å². The fraction of sp³-hybridized carbons (Fsp3) is 1.00. The number of hydrogen-bond acceptors (Lipinski definition) is 1. The van der Waals surface area contributed by atoms with E-state index in [2.05, 4.69) is 19.6 Å². The lowest BCUT2D eigenvalue weighted by Crippen LogP contribution is -1.85. The van der Waals surface area contributed by atoms with Gasteiger partial charge in [-0.05, 0) is 12.2 Å². The van der Waals surface area contributed by atoms with E-state index in [9.17, 15) is 0 Å². The van der Waals surface area contributed by atoms with Gasteiger partial charge in [0.1, 0.15) is 0 Å². The highest BCUT2D eigenvalue weighted by Crippen LogP contribution is 2.15. The second kappa shape index (κ2) is 16.2. The van der Waals surface area contributed by atoms with Crippen molar-refractivity contribution < 1.29 is 0 Å². The van der Waals surface area contributed by atoms with Crippen LogP contribution in [0.4, 0.5) is 0 Å². The first-order valence-corrected chi connectivity index (χ1v) is 5.16. The predicted molar refractivity (Wildman–Crippen MR) is 54.0 cm³/mol. The fourth-order valence-corrected chi connectivity index (χ4v) is 0.250. The molecule has 0 aromatic heterocycles. The van der Waals surface area contributed by atoms with E-state index in [0.29, 0.717) is 0 Å². The Morgan fingerprint density at radius 2 is 1.20 bits per heavy atom. The van der Waals surface area contributed by atoms with Crippen LogP contribution in [-0.4, -0.2) is 5.75 Å². The number of rotatable bonds is 1. The van der Waals surface area contributed by atoms with Gasteiger partial charge in [0.05, 0.1) is 0 Å². The van der Waals surface area contributed by atoms with Gasteiger partial charge < -0.3 is 0 Å². The van der Waals surface area contributed by atoms with Crippen molar-refractivity contribution in [2.75, 3.05) is 5.75 Å². The third-order valence-corrected chi connectivity index (χ3v) is 1.67. The largest absolute Gasteiger partial charge is 0.179 e. The molecule has 0 aromatic rings. The monoisotopic (exact) mass is 162 g/mol. The van der Waals surface area contributed by atoms with Gasteiger partial charge in [-0.25, -0.2) is 0 Å². The Morgan fingerprint density at radius 3 is 1.20 bits per heavy atom. The summed E-state index contributed by atoms with van der Waals surface area (Å²) in [6.45, 7) is 6.10. The van der Waals surface area contributed by atoms with Gasteiger partial charge in [0.25, 0.3) is 0 Å². The van der Waals surface area contributed by atoms with Crippen molar-refractivity contribution >= 4 is 12.6 Å². The van der Waals surface area contributed by atoms with Crippen molar-refractivity contribution in [1.82, 2.24) is 0 Å². The minimum absolute atomic E-state index is 1.01. The van der Waals surface area contributed by atoms with Crippen LogP contribution in [0.15, 0.2) is 0 Å². The van der Waals surface area contributed by atoms with Crippen LogP contribution >= 0.6 is 12.6 Å². The van der Waals surface area contributed by atoms with Crippen LogP contribution in [-0.2, 0) is 0 Å². The van der Waals surface area contributed by atoms with Gasteiger partial charge in [0.15, 0.2) is 0 Å². The summed E-state index contributed by atoms with van der Waals surface area (Å²) in [6.07, 6.45) is 7.18. The van der Waals surface area contributed by atoms with Crippen molar-refractivity contribution in [3.63, 3.8) is 0 Å². The summed E-state index contributed by atoms with van der Waals surface area (Å²) in [7, 11) is 0. The van der Waals surface area contributed by atoms with Crippen LogP contribution in [0, 0.1) is 0 Å². The molecule has 0 saturated heterocycles. The van der Waals surface area contributed by atoms with E-state index in [1.54, 1.807) is 0 Å². The summed E-state index contributed by atoms with van der Waals surface area (Å²) in [4.78, 5) is 0. The molecule has 0 aliphatic heterocycles. The third kappa shape index (κ3) is 15.8. The summed E-state index contributed by atoms with van der Waals surface area (Å²) < 4.78 is 0. The van der Waals surface area contributed by atoms with E-state index in [1.165, 1.54) is 32.1 Å². The Hall–Kier alpha value is 0.350. The van der Waals surface area contributed by atoms with Crippen LogP contribution in [0.1, 0.15) is 52.9 Å². The molecule has 0 unspecified atom stereocenters. The van der Waals surface area contributed by atoms with E-state index < -0.39 is 0 Å². The molecule has 0 bridgehead atoms. The Morgan fingerprint density at radius 1 is 1.00 bits per heavy atom. The van der Waals surface area contributed by atoms with E-state index in [1.807, 2.05) is 13.8 Å². The Labute approximate surface area is 71.8 Å². The molecule has 1 rings (SSSR count). The lowest BCUT2D eigenvalue weighted by atomic mass is 10.0. The molecule has 0 nitrogen and oxygen atoms in total. The second-order valence-electron chi connectivity index (χ2n) is 2.14. The molecule has 1 aliphatic carbocycles. The van der Waals surface area contributed by atoms with Crippen LogP contribution in [0.3, 0.4) is 0 Å². The van der Waals surface area contributed by atoms with E-state index in [-0.39, 0.29) is 0 Å². The first kappa shape index (κ1) is 13.0. The van der Waals surface area contributed by atoms with Crippen LogP contribution in [0.2, 0.25) is 0 Å². The Kier molecular flexibility index (Phi) is 21.0. The van der Waals surface area contributed by atoms with Gasteiger partial charge in [-0.1, -0.05) is 46.5 Å². The van der Waals surface area contributed by atoms with Gasteiger partial charge in [-0.15, -0.1) is 0 Å². The van der Waals surface area contributed by atoms with Crippen molar-refractivity contribution in [3.8, 4) is 0 Å². The highest BCUT2D eigenvalue weighted by atomic mass is 32.1. The second-order valence-corrected chi connectivity index (χ2v) is 2.59. The molecular weight excluding hydrogens is 140 g/mol. The smallest absolute Gasteiger partial charge is 0.0101 e. The zero-order chi connectivity index (χ0) is 8.24. The number of thiol groups is 1. The minimum atomic E-state index is 1.01. The molecule has 0 atom stereocenters. The third-order valence-electron chi connectivity index (χ3n) is 1.22. The highest BCUT2D eigenvalue weighted by molar-refractivity contribution is 7.80. The first-order valence-electron chi connectivity index (χ1n) is 4.52. The molecule has 0 N–H and O–H groups in total. The van der Waals surface area contributed by atoms with Crippen LogP contribution in [0.25, 0.3) is 0 Å². The maximum absolute atomic E-state index is 3.92. The average molecular weight is 162 g/mol. The molecule has 0 heterocycles. The standard InChI is InChI=1S/C4H8.C3H8S.C2H6/c1-2-4-3-1;1-2-3-4;1-2/h1-4H2;4H,2-3H2,1H3;1-2H3. The molecule has 0 amide bonds. The van der Waals surface area contributed by atoms with Gasteiger partial charge in [-0.2, -0.15) is 12.6 Å². The normalized spacial score (nSPS) is 13.2. The van der Waals surface area contributed by atoms with E-state index >= 15 is 0 Å². The molecule has 10 heavy (non-hydrogen) atoms. The summed E-state index contributed by atoms with van der Waals surface area (Å²) in [5, 5.41) is 0. The van der Waals surface area contributed by atoms with E-state index in [0.717, 1.165) is 5.75 Å². The maximum atomic E-state index is 3.92. The molecule has 1 saturated carbocycles. The van der Waals surface area contributed by atoms with Crippen molar-refractivity contribution in [2.24, 2.45) is 0 Å². The minimum Gasteiger partial charge on any atom is -0.179 e. The zero-order valence-corrected chi connectivity index (χ0v) is 8.58. The molecule has 0 spiro atoms. The molecule has 0 radical (unpaired) electrons. The maximum Gasteiger partial charge on any atom is -0.0101 e. The van der Waals surface area contributed by atoms with Gasteiger partial charge in [-0.3, -0.25) is 0 Å². The molecule has 64 valence electrons. The predicted octanol–water partition coefficient (Wildman–Crippen LogP) is 3.91. The van der Waals surface area contributed by atoms with Gasteiger partial charge in [0, 0.05) is 0 Å². The lowest BCUT2D eigenvalue weighted by molar-refractivity contribution is 0.504. The summed E-state index contributed by atoms with van der Waals surface area (Å²) in [5.74, 6) is 1.01. The summed E-state index contributed by atoms with van der Waals surface area (Å²) >= 11 is 3.92.